The Kier molecular flexibility index (Phi) is 7.09. The van der Waals surface area contributed by atoms with Gasteiger partial charge in [0.2, 0.25) is 0 Å². The Morgan fingerprint density at radius 3 is 2.57 bits per heavy atom. The summed E-state index contributed by atoms with van der Waals surface area (Å²) in [6.07, 6.45) is 4.13. The molecule has 3 rings (SSSR count). The molecule has 0 fully saturated rings. The van der Waals surface area contributed by atoms with E-state index >= 15 is 0 Å². The number of benzene rings is 2. The van der Waals surface area contributed by atoms with Crippen LogP contribution in [-0.4, -0.2) is 38.9 Å². The fourth-order valence-electron chi connectivity index (χ4n) is 3.27. The lowest BCUT2D eigenvalue weighted by atomic mass is 10.1. The van der Waals surface area contributed by atoms with Crippen LogP contribution in [0.5, 0.6) is 11.5 Å². The minimum Gasteiger partial charge on any atom is -0.497 e. The Bertz CT molecular complexity index is 849. The number of hydrogen-bond donors (Lipinski definition) is 0. The van der Waals surface area contributed by atoms with E-state index in [2.05, 4.69) is 15.9 Å². The predicted molar refractivity (Wildman–Crippen MR) is 116 cm³/mol. The summed E-state index contributed by atoms with van der Waals surface area (Å²) in [7, 11) is 3.26. The van der Waals surface area contributed by atoms with E-state index in [9.17, 15) is 4.79 Å². The van der Waals surface area contributed by atoms with Crippen molar-refractivity contribution in [3.05, 3.63) is 52.5 Å². The smallest absolute Gasteiger partial charge is 0.182 e. The highest BCUT2D eigenvalue weighted by Gasteiger charge is 2.23. The van der Waals surface area contributed by atoms with Gasteiger partial charge < -0.3 is 14.4 Å². The molecule has 0 bridgehead atoms. The van der Waals surface area contributed by atoms with Crippen molar-refractivity contribution in [2.75, 3.05) is 32.2 Å². The number of nitrogens with zero attached hydrogens (tertiary/aromatic N) is 2. The highest BCUT2D eigenvalue weighted by atomic mass is 79.9. The van der Waals surface area contributed by atoms with Gasteiger partial charge in [-0.1, -0.05) is 34.5 Å². The average Bonchev–Trinajstić information content (AvgIpc) is 3.01. The van der Waals surface area contributed by atoms with E-state index in [1.807, 2.05) is 47.4 Å². The van der Waals surface area contributed by atoms with Crippen molar-refractivity contribution in [3.63, 3.8) is 0 Å². The van der Waals surface area contributed by atoms with Crippen LogP contribution in [0, 0.1) is 0 Å². The van der Waals surface area contributed by atoms with Gasteiger partial charge >= 0.3 is 0 Å². The highest BCUT2D eigenvalue weighted by Crippen LogP contribution is 2.34. The van der Waals surface area contributed by atoms with Crippen LogP contribution in [-0.2, 0) is 0 Å². The topological polar surface area (TPSA) is 51.1 Å². The second-order valence-corrected chi connectivity index (χ2v) is 7.58. The molecule has 0 amide bonds. The molecule has 2 aromatic rings. The molecule has 1 heterocycles. The van der Waals surface area contributed by atoms with E-state index in [0.717, 1.165) is 48.2 Å². The fraction of sp³-hybridized carbons (Fsp3) is 0.364. The summed E-state index contributed by atoms with van der Waals surface area (Å²) in [5.41, 5.74) is 1.47. The number of hydrogen-bond acceptors (Lipinski definition) is 5. The summed E-state index contributed by atoms with van der Waals surface area (Å²) < 4.78 is 11.9. The second-order valence-electron chi connectivity index (χ2n) is 6.66. The molecule has 0 saturated heterocycles. The van der Waals surface area contributed by atoms with Gasteiger partial charge in [-0.25, -0.2) is 0 Å². The zero-order chi connectivity index (χ0) is 19.9. The van der Waals surface area contributed by atoms with E-state index in [-0.39, 0.29) is 12.3 Å². The van der Waals surface area contributed by atoms with Gasteiger partial charge in [-0.3, -0.25) is 9.79 Å². The Hall–Kier alpha value is -2.34. The summed E-state index contributed by atoms with van der Waals surface area (Å²) in [4.78, 5) is 19.8. The first-order valence-corrected chi connectivity index (χ1v) is 10.2. The lowest BCUT2D eigenvalue weighted by molar-refractivity contribution is 0.100. The molecular weight excluding hydrogens is 420 g/mol. The van der Waals surface area contributed by atoms with Crippen molar-refractivity contribution in [2.24, 2.45) is 4.99 Å². The maximum atomic E-state index is 13.0. The van der Waals surface area contributed by atoms with E-state index < -0.39 is 0 Å². The number of carbonyl (C=O) groups excluding carboxylic acids is 1. The third kappa shape index (κ3) is 4.93. The zero-order valence-corrected chi connectivity index (χ0v) is 17.9. The van der Waals surface area contributed by atoms with Gasteiger partial charge in [0.05, 0.1) is 26.5 Å². The van der Waals surface area contributed by atoms with Crippen molar-refractivity contribution in [1.82, 2.24) is 0 Å². The molecule has 0 aliphatic carbocycles. The van der Waals surface area contributed by atoms with Gasteiger partial charge in [0.25, 0.3) is 0 Å². The van der Waals surface area contributed by atoms with Crippen LogP contribution in [0.3, 0.4) is 0 Å². The first kappa shape index (κ1) is 20.4. The Morgan fingerprint density at radius 2 is 1.86 bits per heavy atom. The van der Waals surface area contributed by atoms with Gasteiger partial charge in [-0.05, 0) is 37.1 Å². The highest BCUT2D eigenvalue weighted by molar-refractivity contribution is 9.10. The van der Waals surface area contributed by atoms with Gasteiger partial charge in [-0.15, -0.1) is 0 Å². The van der Waals surface area contributed by atoms with Crippen molar-refractivity contribution in [3.8, 4) is 11.5 Å². The Balaban J connectivity index is 1.99. The van der Waals surface area contributed by atoms with E-state index in [4.69, 9.17) is 14.5 Å². The minimum absolute atomic E-state index is 0.0318. The van der Waals surface area contributed by atoms with Crippen LogP contribution in [0.1, 0.15) is 36.0 Å². The fourth-order valence-corrected chi connectivity index (χ4v) is 3.54. The number of amidine groups is 1. The number of ether oxygens (including phenoxy) is 2. The Labute approximate surface area is 174 Å². The van der Waals surface area contributed by atoms with E-state index in [1.54, 1.807) is 14.2 Å². The summed E-state index contributed by atoms with van der Waals surface area (Å²) in [6.45, 7) is 0.981. The maximum absolute atomic E-state index is 13.0. The number of rotatable bonds is 6. The lowest BCUT2D eigenvalue weighted by Gasteiger charge is -2.27. The number of aliphatic imine (C=N–C) groups is 1. The van der Waals surface area contributed by atoms with Crippen molar-refractivity contribution < 1.29 is 14.3 Å². The molecule has 0 atom stereocenters. The number of methoxy groups -OCH3 is 2. The SMILES string of the molecule is COc1ccc(OC)c(N(CC(=O)c2ccc(Br)cc2)C2=NCCCCC2)c1. The van der Waals surface area contributed by atoms with Crippen LogP contribution in [0.2, 0.25) is 0 Å². The third-order valence-electron chi connectivity index (χ3n) is 4.81. The lowest BCUT2D eigenvalue weighted by Crippen LogP contribution is -2.36. The summed E-state index contributed by atoms with van der Waals surface area (Å²) in [5.74, 6) is 2.36. The maximum Gasteiger partial charge on any atom is 0.182 e. The standard InChI is InChI=1S/C22H25BrN2O3/c1-27-18-11-12-21(28-2)19(14-18)25(22-6-4-3-5-13-24-22)15-20(26)16-7-9-17(23)10-8-16/h7-12,14H,3-6,13,15H2,1-2H3. The molecule has 0 spiro atoms. The van der Waals surface area contributed by atoms with E-state index in [1.165, 1.54) is 0 Å². The van der Waals surface area contributed by atoms with Crippen LogP contribution < -0.4 is 14.4 Å². The molecule has 0 saturated carbocycles. The molecule has 28 heavy (non-hydrogen) atoms. The van der Waals surface area contributed by atoms with Gasteiger partial charge in [-0.2, -0.15) is 0 Å². The van der Waals surface area contributed by atoms with Crippen LogP contribution in [0.25, 0.3) is 0 Å². The quantitative estimate of drug-likeness (QED) is 0.579. The van der Waals surface area contributed by atoms with Gasteiger partial charge in [0.15, 0.2) is 5.78 Å². The zero-order valence-electron chi connectivity index (χ0n) is 16.3. The summed E-state index contributed by atoms with van der Waals surface area (Å²) in [6, 6.07) is 13.1. The van der Waals surface area contributed by atoms with Gasteiger partial charge in [0.1, 0.15) is 17.3 Å². The van der Waals surface area contributed by atoms with Crippen molar-refractivity contribution in [1.29, 1.82) is 0 Å². The molecule has 0 unspecified atom stereocenters. The third-order valence-corrected chi connectivity index (χ3v) is 5.34. The molecule has 5 nitrogen and oxygen atoms in total. The number of carbonyl (C=O) groups is 1. The number of anilines is 1. The van der Waals surface area contributed by atoms with Crippen molar-refractivity contribution >= 4 is 33.2 Å². The van der Waals surface area contributed by atoms with Crippen molar-refractivity contribution in [2.45, 2.75) is 25.7 Å². The van der Waals surface area contributed by atoms with Crippen LogP contribution in [0.4, 0.5) is 5.69 Å². The first-order chi connectivity index (χ1) is 13.6. The van der Waals surface area contributed by atoms with Crippen LogP contribution in [0.15, 0.2) is 51.9 Å². The predicted octanol–water partition coefficient (Wildman–Crippen LogP) is 5.13. The summed E-state index contributed by atoms with van der Waals surface area (Å²) in [5, 5.41) is 0. The average molecular weight is 445 g/mol. The molecule has 148 valence electrons. The molecular formula is C22H25BrN2O3. The molecule has 0 N–H and O–H groups in total. The number of halogens is 1. The summed E-state index contributed by atoms with van der Waals surface area (Å²) >= 11 is 3.42. The van der Waals surface area contributed by atoms with E-state index in [0.29, 0.717) is 17.1 Å². The molecule has 0 aromatic heterocycles. The minimum atomic E-state index is 0.0318. The number of Topliss-reactive ketones (excluding diaryl/α,β-unsaturated/α-hetero) is 1. The molecule has 1 aliphatic heterocycles. The molecule has 6 heteroatoms. The normalized spacial score (nSPS) is 14.0. The Morgan fingerprint density at radius 1 is 1.07 bits per heavy atom. The number of ketones is 1. The monoisotopic (exact) mass is 444 g/mol. The largest absolute Gasteiger partial charge is 0.497 e. The molecule has 1 aliphatic rings. The van der Waals surface area contributed by atoms with Gasteiger partial charge in [0, 0.05) is 29.1 Å². The second kappa shape index (κ2) is 9.73. The molecule has 2 aromatic carbocycles. The van der Waals surface area contributed by atoms with Crippen LogP contribution >= 0.6 is 15.9 Å². The first-order valence-electron chi connectivity index (χ1n) is 9.44. The molecule has 0 radical (unpaired) electrons.